The van der Waals surface area contributed by atoms with Crippen LogP contribution in [0.2, 0.25) is 5.02 Å². The Labute approximate surface area is 208 Å². The van der Waals surface area contributed by atoms with Crippen molar-refractivity contribution >= 4 is 35.5 Å². The zero-order chi connectivity index (χ0) is 24.2. The largest absolute Gasteiger partial charge is 0.497 e. The van der Waals surface area contributed by atoms with Crippen molar-refractivity contribution in [2.45, 2.75) is 18.5 Å². The highest BCUT2D eigenvalue weighted by Gasteiger charge is 2.31. The van der Waals surface area contributed by atoms with E-state index >= 15 is 0 Å². The van der Waals surface area contributed by atoms with Gasteiger partial charge >= 0.3 is 0 Å². The highest BCUT2D eigenvalue weighted by molar-refractivity contribution is 6.30. The number of halogens is 1. The molecule has 1 amide bonds. The molecule has 4 aromatic rings. The van der Waals surface area contributed by atoms with Crippen LogP contribution in [0.5, 0.6) is 5.75 Å². The van der Waals surface area contributed by atoms with Crippen LogP contribution in [-0.2, 0) is 4.79 Å². The molecule has 0 spiro atoms. The molecule has 3 aromatic carbocycles. The van der Waals surface area contributed by atoms with Crippen molar-refractivity contribution in [3.8, 4) is 5.75 Å². The second kappa shape index (κ2) is 10.0. The van der Waals surface area contributed by atoms with Crippen LogP contribution in [0.4, 0.5) is 11.9 Å². The number of ether oxygens (including phenoxy) is 1. The summed E-state index contributed by atoms with van der Waals surface area (Å²) in [6.45, 7) is 0. The Hall–Kier alpha value is -4.10. The fraction of sp³-hybridized carbons (Fsp3) is 0.148. The lowest BCUT2D eigenvalue weighted by Gasteiger charge is -2.31. The van der Waals surface area contributed by atoms with Gasteiger partial charge in [-0.25, -0.2) is 4.68 Å². The van der Waals surface area contributed by atoms with E-state index in [0.717, 1.165) is 28.9 Å². The quantitative estimate of drug-likeness (QED) is 0.340. The summed E-state index contributed by atoms with van der Waals surface area (Å²) < 4.78 is 7.15. The minimum absolute atomic E-state index is 0.0494. The van der Waals surface area contributed by atoms with Gasteiger partial charge in [0.1, 0.15) is 5.75 Å². The molecule has 5 rings (SSSR count). The van der Waals surface area contributed by atoms with Gasteiger partial charge in [0.25, 0.3) is 11.9 Å². The molecule has 0 bridgehead atoms. The summed E-state index contributed by atoms with van der Waals surface area (Å²) in [6.07, 6.45) is 3.94. The lowest BCUT2D eigenvalue weighted by molar-refractivity contribution is -0.111. The molecule has 0 radical (unpaired) electrons. The number of amides is 1. The van der Waals surface area contributed by atoms with Crippen LogP contribution in [0, 0.1) is 0 Å². The number of nitrogens with one attached hydrogen (secondary N) is 2. The van der Waals surface area contributed by atoms with Crippen molar-refractivity contribution in [2.24, 2.45) is 0 Å². The number of hydrogen-bond donors (Lipinski definition) is 2. The second-order valence-electron chi connectivity index (χ2n) is 8.21. The Morgan fingerprint density at radius 3 is 2.51 bits per heavy atom. The van der Waals surface area contributed by atoms with Crippen LogP contribution in [0.25, 0.3) is 6.08 Å². The maximum atomic E-state index is 12.5. The standard InChI is InChI=1S/C27H24ClN5O2/c1-35-22-14-10-20(11-15-22)24-17-23(19-5-3-2-4-6-19)29-27-31-26(32-33(24)27)30-25(34)16-9-18-7-12-21(28)13-8-18/h2-16,23-24H,17H2,1H3,(H2,29,30,31,32,34)/b16-9+/t23-,24+/m1/s1. The van der Waals surface area contributed by atoms with Gasteiger partial charge in [-0.3, -0.25) is 10.1 Å². The molecular weight excluding hydrogens is 462 g/mol. The Morgan fingerprint density at radius 2 is 1.80 bits per heavy atom. The summed E-state index contributed by atoms with van der Waals surface area (Å²) in [5, 5.41) is 11.5. The molecule has 2 heterocycles. The van der Waals surface area contributed by atoms with Crippen molar-refractivity contribution in [1.82, 2.24) is 14.8 Å². The molecule has 35 heavy (non-hydrogen) atoms. The molecule has 2 N–H and O–H groups in total. The van der Waals surface area contributed by atoms with E-state index in [0.29, 0.717) is 11.0 Å². The normalized spacial score (nSPS) is 17.0. The summed E-state index contributed by atoms with van der Waals surface area (Å²) in [5.74, 6) is 1.32. The average molecular weight is 486 g/mol. The zero-order valence-electron chi connectivity index (χ0n) is 19.1. The van der Waals surface area contributed by atoms with Gasteiger partial charge in [-0.05, 0) is 53.5 Å². The molecule has 0 unspecified atom stereocenters. The fourth-order valence-electron chi connectivity index (χ4n) is 4.14. The molecule has 0 aliphatic carbocycles. The number of fused-ring (bicyclic) bond motifs is 1. The summed E-state index contributed by atoms with van der Waals surface area (Å²) in [6, 6.07) is 25.4. The molecule has 0 fully saturated rings. The topological polar surface area (TPSA) is 81.1 Å². The summed E-state index contributed by atoms with van der Waals surface area (Å²) in [4.78, 5) is 17.1. The van der Waals surface area contributed by atoms with Gasteiger partial charge in [-0.2, -0.15) is 4.98 Å². The van der Waals surface area contributed by atoms with Gasteiger partial charge in [0.2, 0.25) is 5.95 Å². The lowest BCUT2D eigenvalue weighted by Crippen LogP contribution is -2.28. The maximum Gasteiger partial charge on any atom is 0.250 e. The SMILES string of the molecule is COc1ccc([C@@H]2C[C@H](c3ccccc3)Nc3nc(NC(=O)/C=C/c4ccc(Cl)cc4)nn32)cc1. The number of methoxy groups -OCH3 is 1. The Morgan fingerprint density at radius 1 is 1.06 bits per heavy atom. The summed E-state index contributed by atoms with van der Waals surface area (Å²) in [5.41, 5.74) is 3.12. The van der Waals surface area contributed by atoms with Gasteiger partial charge in [-0.1, -0.05) is 66.2 Å². The first kappa shape index (κ1) is 22.7. The van der Waals surface area contributed by atoms with E-state index in [1.807, 2.05) is 59.3 Å². The number of aromatic nitrogens is 3. The van der Waals surface area contributed by atoms with Crippen LogP contribution in [-0.4, -0.2) is 27.8 Å². The smallest absolute Gasteiger partial charge is 0.250 e. The molecule has 0 saturated carbocycles. The molecule has 8 heteroatoms. The number of anilines is 2. The highest BCUT2D eigenvalue weighted by Crippen LogP contribution is 2.38. The fourth-order valence-corrected chi connectivity index (χ4v) is 4.26. The predicted octanol–water partition coefficient (Wildman–Crippen LogP) is 5.74. The van der Waals surface area contributed by atoms with E-state index in [-0.39, 0.29) is 23.9 Å². The van der Waals surface area contributed by atoms with Gasteiger partial charge in [0.05, 0.1) is 19.2 Å². The third-order valence-corrected chi connectivity index (χ3v) is 6.18. The third-order valence-electron chi connectivity index (χ3n) is 5.92. The van der Waals surface area contributed by atoms with E-state index in [4.69, 9.17) is 16.3 Å². The molecule has 1 aromatic heterocycles. The summed E-state index contributed by atoms with van der Waals surface area (Å²) in [7, 11) is 1.65. The van der Waals surface area contributed by atoms with E-state index in [9.17, 15) is 4.79 Å². The van der Waals surface area contributed by atoms with Gasteiger partial charge in [0, 0.05) is 11.1 Å². The zero-order valence-corrected chi connectivity index (χ0v) is 19.8. The van der Waals surface area contributed by atoms with Crippen LogP contribution in [0.3, 0.4) is 0 Å². The molecule has 0 saturated heterocycles. The van der Waals surface area contributed by atoms with E-state index in [2.05, 4.69) is 32.8 Å². The molecule has 1 aliphatic rings. The van der Waals surface area contributed by atoms with Crippen molar-refractivity contribution in [3.05, 3.63) is 107 Å². The molecule has 176 valence electrons. The number of carbonyl (C=O) groups excluding carboxylic acids is 1. The first-order valence-corrected chi connectivity index (χ1v) is 11.6. The molecule has 1 aliphatic heterocycles. The van der Waals surface area contributed by atoms with Crippen LogP contribution < -0.4 is 15.4 Å². The highest BCUT2D eigenvalue weighted by atomic mass is 35.5. The van der Waals surface area contributed by atoms with Crippen molar-refractivity contribution in [1.29, 1.82) is 0 Å². The number of nitrogens with zero attached hydrogens (tertiary/aromatic N) is 3. The number of hydrogen-bond acceptors (Lipinski definition) is 5. The van der Waals surface area contributed by atoms with E-state index in [1.54, 1.807) is 25.3 Å². The minimum Gasteiger partial charge on any atom is -0.497 e. The predicted molar refractivity (Wildman–Crippen MR) is 138 cm³/mol. The number of rotatable bonds is 6. The molecule has 2 atom stereocenters. The number of carbonyl (C=O) groups is 1. The van der Waals surface area contributed by atoms with Crippen LogP contribution in [0.15, 0.2) is 84.9 Å². The number of benzene rings is 3. The van der Waals surface area contributed by atoms with Crippen LogP contribution in [0.1, 0.15) is 35.2 Å². The Kier molecular flexibility index (Phi) is 6.50. The first-order chi connectivity index (χ1) is 17.1. The molecular formula is C27H24ClN5O2. The van der Waals surface area contributed by atoms with Crippen molar-refractivity contribution in [3.63, 3.8) is 0 Å². The van der Waals surface area contributed by atoms with Crippen LogP contribution >= 0.6 is 11.6 Å². The Bertz CT molecular complexity index is 1330. The summed E-state index contributed by atoms with van der Waals surface area (Å²) >= 11 is 5.92. The van der Waals surface area contributed by atoms with E-state index < -0.39 is 0 Å². The Balaban J connectivity index is 1.40. The van der Waals surface area contributed by atoms with Crippen molar-refractivity contribution in [2.75, 3.05) is 17.7 Å². The minimum atomic E-state index is -0.316. The van der Waals surface area contributed by atoms with Gasteiger partial charge in [0.15, 0.2) is 0 Å². The monoisotopic (exact) mass is 485 g/mol. The van der Waals surface area contributed by atoms with E-state index in [1.165, 1.54) is 6.08 Å². The second-order valence-corrected chi connectivity index (χ2v) is 8.65. The van der Waals surface area contributed by atoms with Crippen molar-refractivity contribution < 1.29 is 9.53 Å². The maximum absolute atomic E-state index is 12.5. The molecule has 7 nitrogen and oxygen atoms in total. The third kappa shape index (κ3) is 5.20. The van der Waals surface area contributed by atoms with Gasteiger partial charge in [-0.15, -0.1) is 5.10 Å². The average Bonchev–Trinajstić information content (AvgIpc) is 3.30. The lowest BCUT2D eigenvalue weighted by atomic mass is 9.93. The first-order valence-electron chi connectivity index (χ1n) is 11.3. The van der Waals surface area contributed by atoms with Gasteiger partial charge < -0.3 is 10.1 Å².